The monoisotopic (exact) mass is 578 g/mol. The zero-order valence-electron chi connectivity index (χ0n) is 18.9. The largest absolute Gasteiger partial charge is 0.507 e. The Morgan fingerprint density at radius 2 is 1.49 bits per heavy atom. The lowest BCUT2D eigenvalue weighted by molar-refractivity contribution is 0.0682. The number of carboxylic acid groups (broad SMARTS) is 2. The van der Waals surface area contributed by atoms with Gasteiger partial charge in [-0.2, -0.15) is 16.8 Å². The summed E-state index contributed by atoms with van der Waals surface area (Å²) in [5.41, 5.74) is -3.84. The molecule has 6 N–H and O–H groups in total. The van der Waals surface area contributed by atoms with Gasteiger partial charge in [-0.25, -0.2) is 14.3 Å². The molecular formula is C21H14N4O12S2. The molecule has 0 aliphatic carbocycles. The summed E-state index contributed by atoms with van der Waals surface area (Å²) in [5.74, 6) is -3.89. The van der Waals surface area contributed by atoms with Crippen molar-refractivity contribution in [3.63, 3.8) is 0 Å². The molecule has 0 radical (unpaired) electrons. The van der Waals surface area contributed by atoms with Crippen LogP contribution in [0.3, 0.4) is 0 Å². The van der Waals surface area contributed by atoms with E-state index in [0.29, 0.717) is 10.7 Å². The van der Waals surface area contributed by atoms with Crippen molar-refractivity contribution in [3.8, 4) is 11.4 Å². The number of aromatic amines is 1. The molecule has 18 heteroatoms. The van der Waals surface area contributed by atoms with Crippen LogP contribution in [0.15, 0.2) is 73.3 Å². The van der Waals surface area contributed by atoms with E-state index in [2.05, 4.69) is 15.3 Å². The highest BCUT2D eigenvalue weighted by atomic mass is 32.2. The maximum atomic E-state index is 13.0. The van der Waals surface area contributed by atoms with Gasteiger partial charge in [0.1, 0.15) is 11.4 Å². The molecule has 202 valence electrons. The molecule has 0 fully saturated rings. The minimum Gasteiger partial charge on any atom is -0.507 e. The van der Waals surface area contributed by atoms with E-state index in [1.165, 1.54) is 18.2 Å². The fourth-order valence-corrected chi connectivity index (χ4v) is 4.52. The number of nitrogens with one attached hydrogen (secondary N) is 1. The number of benzene rings is 3. The zero-order chi connectivity index (χ0) is 28.9. The molecule has 4 aromatic rings. The van der Waals surface area contributed by atoms with Crippen LogP contribution in [-0.4, -0.2) is 63.0 Å². The average molecular weight is 578 g/mol. The molecule has 0 bridgehead atoms. The van der Waals surface area contributed by atoms with E-state index in [-0.39, 0.29) is 16.5 Å². The highest BCUT2D eigenvalue weighted by molar-refractivity contribution is 7.86. The van der Waals surface area contributed by atoms with Crippen molar-refractivity contribution in [2.24, 2.45) is 10.2 Å². The molecule has 1 heterocycles. The number of aromatic carboxylic acids is 2. The number of fused-ring (bicyclic) bond motifs is 1. The summed E-state index contributed by atoms with van der Waals surface area (Å²) in [4.78, 5) is 35.0. The number of hydrogen-bond donors (Lipinski definition) is 6. The Morgan fingerprint density at radius 1 is 0.821 bits per heavy atom. The molecular weight excluding hydrogens is 564 g/mol. The summed E-state index contributed by atoms with van der Waals surface area (Å²) in [5, 5.41) is 38.8. The van der Waals surface area contributed by atoms with Gasteiger partial charge in [-0.1, -0.05) is 6.07 Å². The minimum atomic E-state index is -4.75. The number of aromatic hydroxyl groups is 1. The topological polar surface area (TPSA) is 266 Å². The number of azo groups is 1. The number of rotatable bonds is 7. The second kappa shape index (κ2) is 9.44. The van der Waals surface area contributed by atoms with Gasteiger partial charge in [0, 0.05) is 11.5 Å². The third-order valence-corrected chi connectivity index (χ3v) is 6.96. The maximum Gasteiger partial charge on any atom is 0.356 e. The summed E-state index contributed by atoms with van der Waals surface area (Å²) in [6.45, 7) is 0. The Kier molecular flexibility index (Phi) is 6.57. The van der Waals surface area contributed by atoms with Crippen LogP contribution in [0.5, 0.6) is 5.75 Å². The lowest BCUT2D eigenvalue weighted by Gasteiger charge is -2.07. The van der Waals surface area contributed by atoms with Gasteiger partial charge in [0.05, 0.1) is 21.0 Å². The SMILES string of the molecule is O=C(O)c1cc(S(=O)(=O)O)ccc1N=Nc1c(C(=O)O)[nH]n(-c2ccc3cc(S(=O)(=O)O)cc(O)c3c2)c1=O. The number of carbonyl (C=O) groups is 2. The molecule has 0 spiro atoms. The van der Waals surface area contributed by atoms with E-state index in [0.717, 1.165) is 24.3 Å². The predicted octanol–water partition coefficient (Wildman–Crippen LogP) is 2.33. The Morgan fingerprint density at radius 3 is 2.08 bits per heavy atom. The summed E-state index contributed by atoms with van der Waals surface area (Å²) < 4.78 is 64.5. The second-order valence-corrected chi connectivity index (χ2v) is 10.6. The first-order valence-electron chi connectivity index (χ1n) is 10.2. The molecule has 3 aromatic carbocycles. The van der Waals surface area contributed by atoms with Crippen molar-refractivity contribution in [2.45, 2.75) is 9.79 Å². The van der Waals surface area contributed by atoms with Crippen LogP contribution < -0.4 is 5.56 Å². The van der Waals surface area contributed by atoms with Gasteiger partial charge in [-0.05, 0) is 41.8 Å². The van der Waals surface area contributed by atoms with Crippen molar-refractivity contribution in [3.05, 3.63) is 70.1 Å². The maximum absolute atomic E-state index is 13.0. The number of phenolic OH excluding ortho intramolecular Hbond substituents is 1. The van der Waals surface area contributed by atoms with Crippen molar-refractivity contribution < 1.29 is 50.8 Å². The Labute approximate surface area is 216 Å². The molecule has 0 atom stereocenters. The minimum absolute atomic E-state index is 0.0323. The van der Waals surface area contributed by atoms with Gasteiger partial charge in [-0.3, -0.25) is 19.0 Å². The molecule has 0 amide bonds. The molecule has 4 rings (SSSR count). The fraction of sp³-hybridized carbons (Fsp3) is 0. The van der Waals surface area contributed by atoms with Crippen molar-refractivity contribution in [2.75, 3.05) is 0 Å². The van der Waals surface area contributed by atoms with Crippen LogP contribution in [-0.2, 0) is 20.2 Å². The van der Waals surface area contributed by atoms with Crippen LogP contribution >= 0.6 is 0 Å². The Hall–Kier alpha value is -4.91. The van der Waals surface area contributed by atoms with E-state index >= 15 is 0 Å². The smallest absolute Gasteiger partial charge is 0.356 e. The zero-order valence-corrected chi connectivity index (χ0v) is 20.5. The summed E-state index contributed by atoms with van der Waals surface area (Å²) >= 11 is 0. The van der Waals surface area contributed by atoms with Crippen LogP contribution in [0, 0.1) is 0 Å². The van der Waals surface area contributed by atoms with Crippen LogP contribution in [0.25, 0.3) is 16.5 Å². The Balaban J connectivity index is 1.84. The van der Waals surface area contributed by atoms with Gasteiger partial charge in [0.2, 0.25) is 0 Å². The second-order valence-electron chi connectivity index (χ2n) is 7.76. The molecule has 0 saturated carbocycles. The van der Waals surface area contributed by atoms with E-state index in [1.807, 2.05) is 0 Å². The molecule has 0 unspecified atom stereocenters. The van der Waals surface area contributed by atoms with E-state index in [4.69, 9.17) is 4.55 Å². The lowest BCUT2D eigenvalue weighted by Crippen LogP contribution is -2.14. The summed E-state index contributed by atoms with van der Waals surface area (Å²) in [7, 11) is -9.39. The highest BCUT2D eigenvalue weighted by Crippen LogP contribution is 2.31. The van der Waals surface area contributed by atoms with Crippen LogP contribution in [0.2, 0.25) is 0 Å². The number of hydrogen-bond acceptors (Lipinski definition) is 10. The third kappa shape index (κ3) is 5.25. The summed E-state index contributed by atoms with van der Waals surface area (Å²) in [6.07, 6.45) is 0. The molecule has 16 nitrogen and oxygen atoms in total. The standard InChI is InChI=1S/C21H14N4O12S2/c26-16-8-12(39(35,36)37)5-9-1-2-10(6-13(9)16)25-19(27)17(18(24-25)21(30)31)23-22-15-4-3-11(38(32,33)34)7-14(15)20(28)29/h1-8,24,26H,(H,28,29)(H,30,31)(H,32,33,34)(H,35,36,37). The fourth-order valence-electron chi connectivity index (χ4n) is 3.48. The first-order chi connectivity index (χ1) is 18.1. The lowest BCUT2D eigenvalue weighted by atomic mass is 10.1. The van der Waals surface area contributed by atoms with E-state index in [1.54, 1.807) is 0 Å². The van der Waals surface area contributed by atoms with Gasteiger partial charge < -0.3 is 15.3 Å². The highest BCUT2D eigenvalue weighted by Gasteiger charge is 2.23. The normalized spacial score (nSPS) is 12.3. The van der Waals surface area contributed by atoms with E-state index in [9.17, 15) is 51.1 Å². The van der Waals surface area contributed by atoms with Crippen molar-refractivity contribution in [1.82, 2.24) is 9.78 Å². The predicted molar refractivity (Wildman–Crippen MR) is 130 cm³/mol. The number of H-pyrrole nitrogens is 1. The average Bonchev–Trinajstić information content (AvgIpc) is 3.17. The van der Waals surface area contributed by atoms with E-state index < -0.39 is 75.9 Å². The van der Waals surface area contributed by atoms with Gasteiger partial charge in [0.25, 0.3) is 25.8 Å². The number of phenols is 1. The number of nitrogens with zero attached hydrogens (tertiary/aromatic N) is 3. The Bertz CT molecular complexity index is 2010. The van der Waals surface area contributed by atoms with Gasteiger partial charge in [-0.15, -0.1) is 10.2 Å². The van der Waals surface area contributed by atoms with Crippen LogP contribution in [0.1, 0.15) is 20.8 Å². The first-order valence-corrected chi connectivity index (χ1v) is 13.1. The van der Waals surface area contributed by atoms with Crippen molar-refractivity contribution in [1.29, 1.82) is 0 Å². The molecule has 0 saturated heterocycles. The van der Waals surface area contributed by atoms with Gasteiger partial charge >= 0.3 is 11.9 Å². The number of carboxylic acids is 2. The molecule has 1 aromatic heterocycles. The molecule has 0 aliphatic rings. The third-order valence-electron chi connectivity index (χ3n) is 5.28. The molecule has 39 heavy (non-hydrogen) atoms. The first kappa shape index (κ1) is 27.1. The summed E-state index contributed by atoms with van der Waals surface area (Å²) in [6, 6.07) is 7.86. The van der Waals surface area contributed by atoms with Gasteiger partial charge in [0.15, 0.2) is 11.4 Å². The van der Waals surface area contributed by atoms with Crippen molar-refractivity contribution >= 4 is 54.3 Å². The molecule has 0 aliphatic heterocycles. The quantitative estimate of drug-likeness (QED) is 0.136. The van der Waals surface area contributed by atoms with Crippen LogP contribution in [0.4, 0.5) is 11.4 Å². The number of aromatic nitrogens is 2.